The van der Waals surface area contributed by atoms with Gasteiger partial charge < -0.3 is 9.30 Å². The molecule has 1 aromatic heterocycles. The summed E-state index contributed by atoms with van der Waals surface area (Å²) in [6, 6.07) is 0.934. The molecule has 0 bridgehead atoms. The molecule has 0 N–H and O–H groups in total. The molecule has 1 aromatic rings. The van der Waals surface area contributed by atoms with Gasteiger partial charge in [0.05, 0.1) is 0 Å². The molecule has 1 heterocycles. The van der Waals surface area contributed by atoms with Crippen molar-refractivity contribution in [1.82, 2.24) is 9.55 Å². The second-order valence-corrected chi connectivity index (χ2v) is 10.7. The first-order chi connectivity index (χ1) is 7.70. The van der Waals surface area contributed by atoms with E-state index in [0.29, 0.717) is 6.61 Å². The van der Waals surface area contributed by atoms with Crippen molar-refractivity contribution in [3.05, 3.63) is 18.2 Å². The summed E-state index contributed by atoms with van der Waals surface area (Å²) in [5.41, 5.74) is 0. The zero-order valence-corrected chi connectivity index (χ0v) is 11.2. The van der Waals surface area contributed by atoms with E-state index in [1.54, 1.807) is 0 Å². The zero-order chi connectivity index (χ0) is 13.1. The molecule has 0 amide bonds. The highest BCUT2D eigenvalue weighted by Gasteiger charge is 2.35. The number of halogens is 3. The Bertz CT molecular complexity index is 357. The zero-order valence-electron chi connectivity index (χ0n) is 10.2. The first-order valence-corrected chi connectivity index (χ1v) is 9.07. The average molecular weight is 266 g/mol. The van der Waals surface area contributed by atoms with Gasteiger partial charge in [-0.2, -0.15) is 13.2 Å². The lowest BCUT2D eigenvalue weighted by Gasteiger charge is -2.16. The Labute approximate surface area is 99.6 Å². The smallest absolute Gasteiger partial charge is 0.361 e. The Hall–Kier alpha value is -0.823. The molecule has 3 nitrogen and oxygen atoms in total. The number of ether oxygens (including phenoxy) is 1. The van der Waals surface area contributed by atoms with E-state index in [4.69, 9.17) is 4.74 Å². The normalized spacial score (nSPS) is 13.1. The minimum absolute atomic E-state index is 0.0979. The monoisotopic (exact) mass is 266 g/mol. The Kier molecular flexibility index (Phi) is 4.37. The van der Waals surface area contributed by atoms with Crippen molar-refractivity contribution in [3.63, 3.8) is 0 Å². The number of hydrogen-bond donors (Lipinski definition) is 0. The fraction of sp³-hybridized carbons (Fsp3) is 0.700. The Morgan fingerprint density at radius 3 is 2.53 bits per heavy atom. The summed E-state index contributed by atoms with van der Waals surface area (Å²) in [7, 11) is -1.20. The maximum atomic E-state index is 12.4. The molecule has 98 valence electrons. The van der Waals surface area contributed by atoms with E-state index in [9.17, 15) is 13.2 Å². The molecular formula is C10H17F3N2OSi. The molecule has 0 unspecified atom stereocenters. The topological polar surface area (TPSA) is 27.1 Å². The average Bonchev–Trinajstić information content (AvgIpc) is 2.58. The van der Waals surface area contributed by atoms with E-state index >= 15 is 0 Å². The largest absolute Gasteiger partial charge is 0.449 e. The van der Waals surface area contributed by atoms with Crippen molar-refractivity contribution in [2.24, 2.45) is 0 Å². The molecule has 0 aliphatic rings. The van der Waals surface area contributed by atoms with Crippen molar-refractivity contribution in [2.45, 2.75) is 38.6 Å². The van der Waals surface area contributed by atoms with Gasteiger partial charge in [-0.05, 0) is 6.04 Å². The highest BCUT2D eigenvalue weighted by atomic mass is 28.3. The number of imidazole rings is 1. The molecule has 0 aromatic carbocycles. The van der Waals surface area contributed by atoms with Crippen LogP contribution in [-0.4, -0.2) is 24.2 Å². The van der Waals surface area contributed by atoms with Crippen LogP contribution in [0.1, 0.15) is 5.82 Å². The molecule has 17 heavy (non-hydrogen) atoms. The first kappa shape index (κ1) is 14.2. The van der Waals surface area contributed by atoms with E-state index in [-0.39, 0.29) is 6.73 Å². The Morgan fingerprint density at radius 2 is 2.00 bits per heavy atom. The summed E-state index contributed by atoms with van der Waals surface area (Å²) in [5, 5.41) is 0. The molecule has 0 saturated carbocycles. The van der Waals surface area contributed by atoms with Crippen molar-refractivity contribution in [2.75, 3.05) is 6.61 Å². The van der Waals surface area contributed by atoms with E-state index in [0.717, 1.165) is 16.8 Å². The molecule has 0 atom stereocenters. The number of nitrogens with zero attached hydrogens (tertiary/aromatic N) is 2. The van der Waals surface area contributed by atoms with Crippen LogP contribution in [0.25, 0.3) is 0 Å². The van der Waals surface area contributed by atoms with Crippen LogP contribution in [0.4, 0.5) is 13.2 Å². The van der Waals surface area contributed by atoms with Crippen LogP contribution in [0.3, 0.4) is 0 Å². The standard InChI is InChI=1S/C10H17F3N2OSi/c1-17(2,3)7-6-16-8-15-5-4-14-9(15)10(11,12)13/h4-5H,6-8H2,1-3H3. The van der Waals surface area contributed by atoms with Gasteiger partial charge in [-0.1, -0.05) is 19.6 Å². The summed E-state index contributed by atoms with van der Waals surface area (Å²) in [6.07, 6.45) is -2.02. The van der Waals surface area contributed by atoms with Crippen molar-refractivity contribution in [3.8, 4) is 0 Å². The number of aromatic nitrogens is 2. The minimum Gasteiger partial charge on any atom is -0.361 e. The van der Waals surface area contributed by atoms with Crippen LogP contribution in [0.2, 0.25) is 25.7 Å². The fourth-order valence-corrected chi connectivity index (χ4v) is 1.97. The summed E-state index contributed by atoms with van der Waals surface area (Å²) >= 11 is 0. The summed E-state index contributed by atoms with van der Waals surface area (Å²) < 4.78 is 43.6. The van der Waals surface area contributed by atoms with Gasteiger partial charge in [-0.15, -0.1) is 0 Å². The molecular weight excluding hydrogens is 249 g/mol. The lowest BCUT2D eigenvalue weighted by Crippen LogP contribution is -2.22. The molecule has 0 saturated heterocycles. The molecule has 7 heteroatoms. The second-order valence-electron chi connectivity index (χ2n) is 5.07. The quantitative estimate of drug-likeness (QED) is 0.604. The third kappa shape index (κ3) is 4.91. The van der Waals surface area contributed by atoms with Crippen LogP contribution in [0.5, 0.6) is 0 Å². The Balaban J connectivity index is 2.45. The molecule has 0 aliphatic heterocycles. The van der Waals surface area contributed by atoms with Crippen molar-refractivity contribution >= 4 is 8.07 Å². The predicted molar refractivity (Wildman–Crippen MR) is 61.3 cm³/mol. The number of hydrogen-bond acceptors (Lipinski definition) is 2. The fourth-order valence-electron chi connectivity index (χ4n) is 1.21. The van der Waals surface area contributed by atoms with Gasteiger partial charge in [0.2, 0.25) is 5.82 Å². The molecule has 0 fully saturated rings. The predicted octanol–water partition coefficient (Wildman–Crippen LogP) is 3.21. The third-order valence-corrected chi connectivity index (χ3v) is 3.90. The van der Waals surface area contributed by atoms with Gasteiger partial charge in [-0.3, -0.25) is 0 Å². The lowest BCUT2D eigenvalue weighted by molar-refractivity contribution is -0.149. The third-order valence-electron chi connectivity index (χ3n) is 2.20. The van der Waals surface area contributed by atoms with Crippen LogP contribution in [0.15, 0.2) is 12.4 Å². The van der Waals surface area contributed by atoms with Crippen molar-refractivity contribution in [1.29, 1.82) is 0 Å². The van der Waals surface area contributed by atoms with Crippen LogP contribution in [0, 0.1) is 0 Å². The maximum absolute atomic E-state index is 12.4. The van der Waals surface area contributed by atoms with Crippen LogP contribution >= 0.6 is 0 Å². The molecule has 0 radical (unpaired) electrons. The minimum atomic E-state index is -4.42. The van der Waals surface area contributed by atoms with Crippen LogP contribution in [-0.2, 0) is 17.6 Å². The number of rotatable bonds is 5. The van der Waals surface area contributed by atoms with E-state index in [1.165, 1.54) is 6.20 Å². The van der Waals surface area contributed by atoms with E-state index in [2.05, 4.69) is 24.6 Å². The molecule has 0 aliphatic carbocycles. The number of alkyl halides is 3. The van der Waals surface area contributed by atoms with Gasteiger partial charge in [-0.25, -0.2) is 4.98 Å². The SMILES string of the molecule is C[Si](C)(C)CCOCn1ccnc1C(F)(F)F. The molecule has 1 rings (SSSR count). The highest BCUT2D eigenvalue weighted by Crippen LogP contribution is 2.27. The summed E-state index contributed by atoms with van der Waals surface area (Å²) in [6.45, 7) is 6.96. The lowest BCUT2D eigenvalue weighted by atomic mass is 10.6. The van der Waals surface area contributed by atoms with Crippen LogP contribution < -0.4 is 0 Å². The van der Waals surface area contributed by atoms with Gasteiger partial charge >= 0.3 is 6.18 Å². The van der Waals surface area contributed by atoms with Gasteiger partial charge in [0.25, 0.3) is 0 Å². The van der Waals surface area contributed by atoms with E-state index in [1.807, 2.05) is 0 Å². The molecule has 0 spiro atoms. The maximum Gasteiger partial charge on any atom is 0.449 e. The van der Waals surface area contributed by atoms with E-state index < -0.39 is 20.1 Å². The van der Waals surface area contributed by atoms with Gasteiger partial charge in [0.1, 0.15) is 6.73 Å². The van der Waals surface area contributed by atoms with Gasteiger partial charge in [0, 0.05) is 27.1 Å². The highest BCUT2D eigenvalue weighted by molar-refractivity contribution is 6.76. The second kappa shape index (κ2) is 5.22. The first-order valence-electron chi connectivity index (χ1n) is 5.36. The van der Waals surface area contributed by atoms with Gasteiger partial charge in [0.15, 0.2) is 0 Å². The Morgan fingerprint density at radius 1 is 1.35 bits per heavy atom. The van der Waals surface area contributed by atoms with Crippen molar-refractivity contribution < 1.29 is 17.9 Å². The summed E-state index contributed by atoms with van der Waals surface area (Å²) in [5.74, 6) is -0.912. The summed E-state index contributed by atoms with van der Waals surface area (Å²) in [4.78, 5) is 3.28.